The summed E-state index contributed by atoms with van der Waals surface area (Å²) < 4.78 is 13.9. The summed E-state index contributed by atoms with van der Waals surface area (Å²) in [6.07, 6.45) is 14.6. The first kappa shape index (κ1) is 22.6. The summed E-state index contributed by atoms with van der Waals surface area (Å²) in [5.74, 6) is 1.23. The first-order chi connectivity index (χ1) is 18.9. The Morgan fingerprint density at radius 1 is 1.05 bits per heavy atom. The molecule has 4 aliphatic heterocycles. The maximum Gasteiger partial charge on any atom is 0.110 e. The highest BCUT2D eigenvalue weighted by atomic mass is 16.6. The number of nitrogens with zero attached hydrogens (tertiary/aromatic N) is 2. The predicted octanol–water partition coefficient (Wildman–Crippen LogP) is 3.65. The molecule has 2 N–H and O–H groups in total. The molecule has 6 heteroatoms. The molecule has 4 aliphatic carbocycles. The number of β-amino-alcohol motifs (C(OH)–C–C–N with tert-alkyl or cyclic N) is 2. The van der Waals surface area contributed by atoms with Gasteiger partial charge in [-0.1, -0.05) is 31.2 Å². The van der Waals surface area contributed by atoms with Gasteiger partial charge in [-0.2, -0.15) is 0 Å². The largest absolute Gasteiger partial charge is 0.389 e. The molecule has 3 saturated heterocycles. The van der Waals surface area contributed by atoms with Crippen molar-refractivity contribution in [2.75, 3.05) is 13.1 Å². The van der Waals surface area contributed by atoms with Crippen LogP contribution in [0.2, 0.25) is 0 Å². The van der Waals surface area contributed by atoms with Crippen molar-refractivity contribution in [3.8, 4) is 0 Å². The second kappa shape index (κ2) is 6.85. The van der Waals surface area contributed by atoms with Crippen molar-refractivity contribution >= 4 is 10.8 Å². The van der Waals surface area contributed by atoms with Crippen LogP contribution in [-0.2, 0) is 14.9 Å². The van der Waals surface area contributed by atoms with Crippen LogP contribution in [0.3, 0.4) is 0 Å². The van der Waals surface area contributed by atoms with E-state index in [9.17, 15) is 10.2 Å². The summed E-state index contributed by atoms with van der Waals surface area (Å²) in [5, 5.41) is 23.0. The zero-order chi connectivity index (χ0) is 25.9. The van der Waals surface area contributed by atoms with Crippen LogP contribution in [0.1, 0.15) is 51.0 Å². The average Bonchev–Trinajstić information content (AvgIpc) is 3.81. The number of aliphatic hydroxyl groups is 2. The highest BCUT2D eigenvalue weighted by molar-refractivity contribution is 5.82. The SMILES string of the molecule is C[C@]12CC=C3C=C4[C@H]5OC5[C@@H](N5C[C@H](O)[C@@H](O)C5)C[C@]45CCC3(O5)[C@@H]1C[C@H]1C[C@]12c1ccc2ccncc2c1. The molecular formula is C33H36N2O4. The molecule has 1 aromatic heterocycles. The topological polar surface area (TPSA) is 78.4 Å². The number of fused-ring (bicyclic) bond motifs is 6. The van der Waals surface area contributed by atoms with Crippen LogP contribution in [0.4, 0.5) is 0 Å². The Morgan fingerprint density at radius 2 is 1.92 bits per heavy atom. The van der Waals surface area contributed by atoms with Crippen molar-refractivity contribution in [3.05, 3.63) is 65.5 Å². The number of rotatable bonds is 2. The Bertz CT molecular complexity index is 1510. The number of epoxide rings is 1. The summed E-state index contributed by atoms with van der Waals surface area (Å²) in [7, 11) is 0. The number of ether oxygens (including phenoxy) is 2. The van der Waals surface area contributed by atoms with Gasteiger partial charge in [0.25, 0.3) is 0 Å². The zero-order valence-corrected chi connectivity index (χ0v) is 22.4. The molecule has 2 aromatic rings. The summed E-state index contributed by atoms with van der Waals surface area (Å²) in [6.45, 7) is 3.62. The van der Waals surface area contributed by atoms with Crippen molar-refractivity contribution in [1.29, 1.82) is 0 Å². The molecule has 2 spiro atoms. The number of allylic oxidation sites excluding steroid dienone is 1. The van der Waals surface area contributed by atoms with Crippen molar-refractivity contribution in [2.45, 2.75) is 92.5 Å². The molecule has 3 saturated carbocycles. The first-order valence-electron chi connectivity index (χ1n) is 15.1. The molecule has 1 aromatic carbocycles. The maximum absolute atomic E-state index is 10.3. The monoisotopic (exact) mass is 524 g/mol. The van der Waals surface area contributed by atoms with Gasteiger partial charge in [0, 0.05) is 42.3 Å². The summed E-state index contributed by atoms with van der Waals surface area (Å²) in [4.78, 5) is 6.68. The quantitative estimate of drug-likeness (QED) is 0.584. The first-order valence-corrected chi connectivity index (χ1v) is 15.1. The van der Waals surface area contributed by atoms with Gasteiger partial charge < -0.3 is 19.7 Å². The smallest absolute Gasteiger partial charge is 0.110 e. The van der Waals surface area contributed by atoms with Gasteiger partial charge in [0.2, 0.25) is 0 Å². The number of benzene rings is 1. The molecule has 202 valence electrons. The number of aromatic nitrogens is 1. The van der Waals surface area contributed by atoms with Crippen LogP contribution in [0.5, 0.6) is 0 Å². The third-order valence-corrected chi connectivity index (χ3v) is 13.0. The molecule has 39 heavy (non-hydrogen) atoms. The normalized spacial score (nSPS) is 52.3. The van der Waals surface area contributed by atoms with E-state index in [0.717, 1.165) is 31.6 Å². The van der Waals surface area contributed by atoms with E-state index in [1.54, 1.807) is 0 Å². The Hall–Kier alpha value is -2.09. The molecule has 8 aliphatic rings. The standard InChI is InChI=1S/C33H36N2O4/c1-30-6-4-21-11-23-28-29(38-28)24(35-16-25(36)26(37)17-35)14-31(23)7-8-33(21,39-31)27(30)12-22-13-32(22,30)20-3-2-18-5-9-34-15-19(18)10-20/h2-5,9-11,15,22,24-29,36-37H,6-8,12-14,16-17H2,1H3/t22-,24-,25-,26-,27+,28+,29?,30-,31+,32-,33?/m0/s1. The molecular weight excluding hydrogens is 488 g/mol. The third kappa shape index (κ3) is 2.52. The number of hydrogen-bond acceptors (Lipinski definition) is 6. The molecule has 6 fully saturated rings. The van der Waals surface area contributed by atoms with Gasteiger partial charge in [-0.05, 0) is 90.0 Å². The zero-order valence-electron chi connectivity index (χ0n) is 22.4. The lowest BCUT2D eigenvalue weighted by molar-refractivity contribution is -0.143. The summed E-state index contributed by atoms with van der Waals surface area (Å²) in [6, 6.07) is 9.44. The lowest BCUT2D eigenvalue weighted by Gasteiger charge is -2.55. The van der Waals surface area contributed by atoms with E-state index in [-0.39, 0.29) is 40.3 Å². The van der Waals surface area contributed by atoms with E-state index in [0.29, 0.717) is 19.0 Å². The van der Waals surface area contributed by atoms with E-state index in [1.807, 2.05) is 12.4 Å². The van der Waals surface area contributed by atoms with Crippen molar-refractivity contribution < 1.29 is 19.7 Å². The van der Waals surface area contributed by atoms with E-state index < -0.39 is 12.2 Å². The van der Waals surface area contributed by atoms with Crippen molar-refractivity contribution in [3.63, 3.8) is 0 Å². The second-order valence-electron chi connectivity index (χ2n) is 14.3. The Morgan fingerprint density at radius 3 is 2.79 bits per heavy atom. The number of hydrogen-bond donors (Lipinski definition) is 2. The maximum atomic E-state index is 10.3. The minimum absolute atomic E-state index is 0.124. The number of aliphatic hydroxyl groups excluding tert-OH is 2. The summed E-state index contributed by atoms with van der Waals surface area (Å²) in [5.41, 5.74) is 4.21. The van der Waals surface area contributed by atoms with E-state index in [4.69, 9.17) is 9.47 Å². The lowest BCUT2D eigenvalue weighted by atomic mass is 9.55. The number of likely N-dealkylation sites (tertiary alicyclic amines) is 1. The van der Waals surface area contributed by atoms with Crippen LogP contribution < -0.4 is 0 Å². The Balaban J connectivity index is 1.04. The van der Waals surface area contributed by atoms with Gasteiger partial charge >= 0.3 is 0 Å². The molecule has 6 nitrogen and oxygen atoms in total. The molecule has 0 amide bonds. The predicted molar refractivity (Wildman–Crippen MR) is 145 cm³/mol. The van der Waals surface area contributed by atoms with Gasteiger partial charge in [-0.15, -0.1) is 0 Å². The van der Waals surface area contributed by atoms with E-state index in [1.165, 1.54) is 40.3 Å². The number of pyridine rings is 1. The van der Waals surface area contributed by atoms with Crippen LogP contribution in [0, 0.1) is 17.3 Å². The van der Waals surface area contributed by atoms with Gasteiger partial charge in [0.1, 0.15) is 12.2 Å². The minimum atomic E-state index is -0.667. The summed E-state index contributed by atoms with van der Waals surface area (Å²) >= 11 is 0. The fraction of sp³-hybridized carbons (Fsp3) is 0.606. The minimum Gasteiger partial charge on any atom is -0.389 e. The molecule has 2 bridgehead atoms. The lowest BCUT2D eigenvalue weighted by Crippen LogP contribution is -2.58. The van der Waals surface area contributed by atoms with E-state index in [2.05, 4.69) is 53.2 Å². The van der Waals surface area contributed by atoms with E-state index >= 15 is 0 Å². The fourth-order valence-corrected chi connectivity index (χ4v) is 11.0. The van der Waals surface area contributed by atoms with Crippen molar-refractivity contribution in [2.24, 2.45) is 17.3 Å². The molecule has 2 unspecified atom stereocenters. The van der Waals surface area contributed by atoms with Gasteiger partial charge in [-0.25, -0.2) is 0 Å². The highest BCUT2D eigenvalue weighted by Crippen LogP contribution is 2.81. The van der Waals surface area contributed by atoms with Crippen LogP contribution in [0.15, 0.2) is 60.0 Å². The van der Waals surface area contributed by atoms with Crippen molar-refractivity contribution in [1.82, 2.24) is 9.88 Å². The van der Waals surface area contributed by atoms with Gasteiger partial charge in [0.15, 0.2) is 0 Å². The molecule has 10 rings (SSSR count). The van der Waals surface area contributed by atoms with Crippen LogP contribution in [0.25, 0.3) is 10.8 Å². The Kier molecular flexibility index (Phi) is 3.97. The third-order valence-electron chi connectivity index (χ3n) is 13.0. The molecule has 5 heterocycles. The van der Waals surface area contributed by atoms with Gasteiger partial charge in [-0.3, -0.25) is 9.88 Å². The highest BCUT2D eigenvalue weighted by Gasteiger charge is 2.79. The molecule has 0 radical (unpaired) electrons. The Labute approximate surface area is 228 Å². The molecule has 11 atom stereocenters. The average molecular weight is 525 g/mol. The van der Waals surface area contributed by atoms with Crippen LogP contribution >= 0.6 is 0 Å². The van der Waals surface area contributed by atoms with Gasteiger partial charge in [0.05, 0.1) is 23.4 Å². The van der Waals surface area contributed by atoms with Crippen LogP contribution in [-0.4, -0.2) is 74.8 Å². The second-order valence-corrected chi connectivity index (χ2v) is 14.3. The fourth-order valence-electron chi connectivity index (χ4n) is 11.0.